The van der Waals surface area contributed by atoms with Gasteiger partial charge in [-0.25, -0.2) is 0 Å². The zero-order valence-corrected chi connectivity index (χ0v) is 14.6. The zero-order valence-electron chi connectivity index (χ0n) is 10.8. The Hall–Kier alpha value is -0.250. The van der Waals surface area contributed by atoms with Crippen molar-refractivity contribution in [3.8, 4) is 0 Å². The van der Waals surface area contributed by atoms with Crippen LogP contribution in [-0.4, -0.2) is 0 Å². The second-order valence-electron chi connectivity index (χ2n) is 4.52. The molecule has 0 aliphatic heterocycles. The molecule has 0 fully saturated rings. The van der Waals surface area contributed by atoms with Crippen molar-refractivity contribution in [3.63, 3.8) is 0 Å². The normalized spacial score (nSPS) is 12.4. The van der Waals surface area contributed by atoms with Crippen LogP contribution in [0.2, 0.25) is 15.1 Å². The molecule has 0 aliphatic carbocycles. The summed E-state index contributed by atoms with van der Waals surface area (Å²) >= 11 is 21.6. The number of rotatable bonds is 4. The minimum Gasteiger partial charge on any atom is -0.306 e. The van der Waals surface area contributed by atoms with Crippen molar-refractivity contribution in [2.45, 2.75) is 19.5 Å². The number of halogens is 4. The summed E-state index contributed by atoms with van der Waals surface area (Å²) in [4.78, 5) is 0. The van der Waals surface area contributed by atoms with Crippen molar-refractivity contribution in [2.24, 2.45) is 0 Å². The van der Waals surface area contributed by atoms with Gasteiger partial charge in [-0.05, 0) is 58.2 Å². The molecule has 1 N–H and O–H groups in total. The Kier molecular flexibility index (Phi) is 5.76. The van der Waals surface area contributed by atoms with Gasteiger partial charge in [0, 0.05) is 27.1 Å². The van der Waals surface area contributed by atoms with E-state index in [1.807, 2.05) is 30.3 Å². The standard InChI is InChI=1S/C15H13BrCl3N/c1-9(12-4-3-11(17)7-14(12)18)20-8-10-2-5-13(16)15(19)6-10/h2-7,9,20H,8H2,1H3. The van der Waals surface area contributed by atoms with Gasteiger partial charge in [0.25, 0.3) is 0 Å². The van der Waals surface area contributed by atoms with Crippen LogP contribution in [0, 0.1) is 0 Å². The predicted molar refractivity (Wildman–Crippen MR) is 90.9 cm³/mol. The lowest BCUT2D eigenvalue weighted by Crippen LogP contribution is -2.18. The van der Waals surface area contributed by atoms with Crippen molar-refractivity contribution in [1.29, 1.82) is 0 Å². The first-order valence-corrected chi connectivity index (χ1v) is 8.02. The summed E-state index contributed by atoms with van der Waals surface area (Å²) in [6, 6.07) is 11.6. The molecule has 0 bridgehead atoms. The van der Waals surface area contributed by atoms with E-state index in [-0.39, 0.29) is 6.04 Å². The lowest BCUT2D eigenvalue weighted by molar-refractivity contribution is 0.575. The van der Waals surface area contributed by atoms with Crippen LogP contribution in [0.25, 0.3) is 0 Å². The lowest BCUT2D eigenvalue weighted by Gasteiger charge is -2.16. The van der Waals surface area contributed by atoms with E-state index in [9.17, 15) is 0 Å². The average Bonchev–Trinajstić information content (AvgIpc) is 2.40. The first-order chi connectivity index (χ1) is 9.47. The fourth-order valence-corrected chi connectivity index (χ4v) is 2.91. The van der Waals surface area contributed by atoms with Gasteiger partial charge in [-0.3, -0.25) is 0 Å². The first kappa shape index (κ1) is 16.1. The third-order valence-corrected chi connectivity index (χ3v) is 4.82. The van der Waals surface area contributed by atoms with Crippen LogP contribution in [0.3, 0.4) is 0 Å². The Bertz CT molecular complexity index is 616. The van der Waals surface area contributed by atoms with Crippen LogP contribution < -0.4 is 5.32 Å². The molecule has 1 atom stereocenters. The van der Waals surface area contributed by atoms with Gasteiger partial charge in [0.1, 0.15) is 0 Å². The third-order valence-electron chi connectivity index (χ3n) is 3.03. The number of benzene rings is 2. The van der Waals surface area contributed by atoms with Crippen molar-refractivity contribution >= 4 is 50.7 Å². The minimum absolute atomic E-state index is 0.127. The second-order valence-corrected chi connectivity index (χ2v) is 6.62. The molecule has 0 aliphatic rings. The summed E-state index contributed by atoms with van der Waals surface area (Å²) < 4.78 is 0.900. The SMILES string of the molecule is CC(NCc1ccc(Br)c(Cl)c1)c1ccc(Cl)cc1Cl. The highest BCUT2D eigenvalue weighted by molar-refractivity contribution is 9.10. The Morgan fingerprint density at radius 2 is 1.80 bits per heavy atom. The van der Waals surface area contributed by atoms with Crippen molar-refractivity contribution in [1.82, 2.24) is 5.32 Å². The van der Waals surface area contributed by atoms with Crippen LogP contribution in [-0.2, 0) is 6.54 Å². The van der Waals surface area contributed by atoms with Gasteiger partial charge in [0.2, 0.25) is 0 Å². The maximum Gasteiger partial charge on any atom is 0.0551 e. The van der Waals surface area contributed by atoms with Crippen LogP contribution in [0.1, 0.15) is 24.1 Å². The van der Waals surface area contributed by atoms with Crippen LogP contribution in [0.4, 0.5) is 0 Å². The predicted octanol–water partition coefficient (Wildman–Crippen LogP) is 6.26. The molecule has 0 radical (unpaired) electrons. The first-order valence-electron chi connectivity index (χ1n) is 6.09. The lowest BCUT2D eigenvalue weighted by atomic mass is 10.1. The minimum atomic E-state index is 0.127. The molecule has 0 amide bonds. The van der Waals surface area contributed by atoms with Crippen LogP contribution in [0.15, 0.2) is 40.9 Å². The van der Waals surface area contributed by atoms with Crippen molar-refractivity contribution in [2.75, 3.05) is 0 Å². The van der Waals surface area contributed by atoms with Crippen molar-refractivity contribution < 1.29 is 0 Å². The average molecular weight is 394 g/mol. The fraction of sp³-hybridized carbons (Fsp3) is 0.200. The van der Waals surface area contributed by atoms with E-state index >= 15 is 0 Å². The maximum absolute atomic E-state index is 6.20. The smallest absolute Gasteiger partial charge is 0.0551 e. The van der Waals surface area contributed by atoms with Crippen LogP contribution >= 0.6 is 50.7 Å². The Morgan fingerprint density at radius 3 is 2.45 bits per heavy atom. The summed E-state index contributed by atoms with van der Waals surface area (Å²) in [5.41, 5.74) is 2.15. The monoisotopic (exact) mass is 391 g/mol. The van der Waals surface area contributed by atoms with Gasteiger partial charge < -0.3 is 5.32 Å². The molecule has 0 heterocycles. The number of nitrogens with one attached hydrogen (secondary N) is 1. The molecular weight excluding hydrogens is 380 g/mol. The molecule has 106 valence electrons. The molecule has 20 heavy (non-hydrogen) atoms. The maximum atomic E-state index is 6.20. The van der Waals surface area contributed by atoms with E-state index in [4.69, 9.17) is 34.8 Å². The fourth-order valence-electron chi connectivity index (χ4n) is 1.88. The molecule has 0 saturated carbocycles. The summed E-state index contributed by atoms with van der Waals surface area (Å²) in [6.45, 7) is 2.78. The molecule has 0 spiro atoms. The molecule has 0 aromatic heterocycles. The van der Waals surface area contributed by atoms with Gasteiger partial charge in [-0.2, -0.15) is 0 Å². The molecule has 2 rings (SSSR count). The van der Waals surface area contributed by atoms with E-state index in [0.717, 1.165) is 15.6 Å². The van der Waals surface area contributed by atoms with E-state index in [1.165, 1.54) is 0 Å². The van der Waals surface area contributed by atoms with E-state index < -0.39 is 0 Å². The summed E-state index contributed by atoms with van der Waals surface area (Å²) in [7, 11) is 0. The molecule has 2 aromatic carbocycles. The van der Waals surface area contributed by atoms with E-state index in [1.54, 1.807) is 6.07 Å². The number of hydrogen-bond acceptors (Lipinski definition) is 1. The van der Waals surface area contributed by atoms with Crippen molar-refractivity contribution in [3.05, 3.63) is 67.1 Å². The highest BCUT2D eigenvalue weighted by Gasteiger charge is 2.10. The van der Waals surface area contributed by atoms with Gasteiger partial charge in [0.05, 0.1) is 5.02 Å². The quantitative estimate of drug-likeness (QED) is 0.646. The molecule has 2 aromatic rings. The molecule has 5 heteroatoms. The van der Waals surface area contributed by atoms with E-state index in [0.29, 0.717) is 21.6 Å². The van der Waals surface area contributed by atoms with Crippen LogP contribution in [0.5, 0.6) is 0 Å². The van der Waals surface area contributed by atoms with Gasteiger partial charge >= 0.3 is 0 Å². The summed E-state index contributed by atoms with van der Waals surface area (Å²) in [5, 5.41) is 5.45. The Labute approximate surface area is 142 Å². The molecule has 0 saturated heterocycles. The molecule has 1 nitrogen and oxygen atoms in total. The largest absolute Gasteiger partial charge is 0.306 e. The second kappa shape index (κ2) is 7.15. The van der Waals surface area contributed by atoms with Gasteiger partial charge in [-0.15, -0.1) is 0 Å². The third kappa shape index (κ3) is 4.12. The summed E-state index contributed by atoms with van der Waals surface area (Å²) in [5.74, 6) is 0. The Balaban J connectivity index is 2.04. The Morgan fingerprint density at radius 1 is 1.05 bits per heavy atom. The number of hydrogen-bond donors (Lipinski definition) is 1. The molecule has 1 unspecified atom stereocenters. The zero-order chi connectivity index (χ0) is 14.7. The topological polar surface area (TPSA) is 12.0 Å². The van der Waals surface area contributed by atoms with Gasteiger partial charge in [0.15, 0.2) is 0 Å². The molecular formula is C15H13BrCl3N. The highest BCUT2D eigenvalue weighted by Crippen LogP contribution is 2.27. The highest BCUT2D eigenvalue weighted by atomic mass is 79.9. The summed E-state index contributed by atoms with van der Waals surface area (Å²) in [6.07, 6.45) is 0. The van der Waals surface area contributed by atoms with E-state index in [2.05, 4.69) is 28.2 Å². The van der Waals surface area contributed by atoms with Gasteiger partial charge in [-0.1, -0.05) is 46.9 Å².